The summed E-state index contributed by atoms with van der Waals surface area (Å²) < 4.78 is 7.37. The van der Waals surface area contributed by atoms with Crippen molar-refractivity contribution in [3.8, 4) is 11.4 Å². The number of thiophene rings is 1. The van der Waals surface area contributed by atoms with E-state index in [0.29, 0.717) is 4.70 Å². The maximum Gasteiger partial charge on any atom is 0.275 e. The highest BCUT2D eigenvalue weighted by molar-refractivity contribution is 7.25. The SMILES string of the molecule is CCCN(C)c1ccnc2sc3c(=O)n(-c4ccc(OC)cc4)cnc3c12. The summed E-state index contributed by atoms with van der Waals surface area (Å²) in [5.74, 6) is 0.746. The maximum atomic E-state index is 13.1. The molecule has 0 aliphatic carbocycles. The number of benzene rings is 1. The van der Waals surface area contributed by atoms with Crippen molar-refractivity contribution in [2.75, 3.05) is 25.6 Å². The number of nitrogens with zero attached hydrogens (tertiary/aromatic N) is 4. The minimum absolute atomic E-state index is 0.0859. The summed E-state index contributed by atoms with van der Waals surface area (Å²) in [5, 5.41) is 0.951. The number of pyridine rings is 1. The van der Waals surface area contributed by atoms with E-state index in [4.69, 9.17) is 4.74 Å². The summed E-state index contributed by atoms with van der Waals surface area (Å²) in [7, 11) is 3.67. The van der Waals surface area contributed by atoms with Gasteiger partial charge in [-0.1, -0.05) is 6.92 Å². The third-order valence-electron chi connectivity index (χ3n) is 4.58. The molecular formula is C20H20N4O2S. The molecule has 0 aliphatic rings. The predicted molar refractivity (Wildman–Crippen MR) is 111 cm³/mol. The molecule has 1 aromatic carbocycles. The quantitative estimate of drug-likeness (QED) is 0.526. The van der Waals surface area contributed by atoms with Crippen molar-refractivity contribution in [3.63, 3.8) is 0 Å². The van der Waals surface area contributed by atoms with Crippen LogP contribution in [0.15, 0.2) is 47.7 Å². The second-order valence-corrected chi connectivity index (χ2v) is 7.33. The van der Waals surface area contributed by atoms with Crippen LogP contribution in [0.25, 0.3) is 26.1 Å². The van der Waals surface area contributed by atoms with E-state index in [-0.39, 0.29) is 5.56 Å². The number of methoxy groups -OCH3 is 1. The number of fused-ring (bicyclic) bond motifs is 3. The van der Waals surface area contributed by atoms with E-state index in [1.165, 1.54) is 11.3 Å². The van der Waals surface area contributed by atoms with Crippen LogP contribution < -0.4 is 15.2 Å². The van der Waals surface area contributed by atoms with Crippen LogP contribution in [0.3, 0.4) is 0 Å². The molecule has 0 fully saturated rings. The van der Waals surface area contributed by atoms with Crippen LogP contribution in [0, 0.1) is 0 Å². The summed E-state index contributed by atoms with van der Waals surface area (Å²) in [6, 6.07) is 9.34. The fraction of sp³-hybridized carbons (Fsp3) is 0.250. The van der Waals surface area contributed by atoms with Crippen LogP contribution in [-0.4, -0.2) is 35.2 Å². The summed E-state index contributed by atoms with van der Waals surface area (Å²) in [6.07, 6.45) is 4.43. The van der Waals surface area contributed by atoms with Gasteiger partial charge < -0.3 is 9.64 Å². The lowest BCUT2D eigenvalue weighted by molar-refractivity contribution is 0.414. The molecule has 0 atom stereocenters. The Morgan fingerprint density at radius 3 is 2.67 bits per heavy atom. The summed E-state index contributed by atoms with van der Waals surface area (Å²) in [5.41, 5.74) is 2.44. The molecule has 7 heteroatoms. The second-order valence-electron chi connectivity index (χ2n) is 6.33. The molecule has 3 aromatic heterocycles. The molecule has 0 bridgehead atoms. The number of anilines is 1. The Kier molecular flexibility index (Phi) is 4.53. The monoisotopic (exact) mass is 380 g/mol. The van der Waals surface area contributed by atoms with E-state index < -0.39 is 0 Å². The molecule has 4 aromatic rings. The highest BCUT2D eigenvalue weighted by Gasteiger charge is 2.17. The lowest BCUT2D eigenvalue weighted by Gasteiger charge is -2.19. The Balaban J connectivity index is 1.92. The first-order valence-corrected chi connectivity index (χ1v) is 9.60. The van der Waals surface area contributed by atoms with Gasteiger partial charge in [0.1, 0.15) is 27.1 Å². The Bertz CT molecular complexity index is 1160. The molecule has 0 radical (unpaired) electrons. The van der Waals surface area contributed by atoms with Gasteiger partial charge in [-0.2, -0.15) is 0 Å². The third kappa shape index (κ3) is 2.94. The van der Waals surface area contributed by atoms with E-state index in [9.17, 15) is 4.79 Å². The Morgan fingerprint density at radius 2 is 1.96 bits per heavy atom. The lowest BCUT2D eigenvalue weighted by Crippen LogP contribution is -2.19. The molecule has 3 heterocycles. The minimum Gasteiger partial charge on any atom is -0.497 e. The Morgan fingerprint density at radius 1 is 1.19 bits per heavy atom. The van der Waals surface area contributed by atoms with Gasteiger partial charge in [-0.05, 0) is 36.8 Å². The summed E-state index contributed by atoms with van der Waals surface area (Å²) in [4.78, 5) is 25.2. The van der Waals surface area contributed by atoms with Crippen LogP contribution in [0.5, 0.6) is 5.75 Å². The zero-order valence-electron chi connectivity index (χ0n) is 15.5. The van der Waals surface area contributed by atoms with Gasteiger partial charge in [-0.15, -0.1) is 11.3 Å². The Hall–Kier alpha value is -2.93. The van der Waals surface area contributed by atoms with E-state index in [1.54, 1.807) is 24.2 Å². The van der Waals surface area contributed by atoms with Crippen molar-refractivity contribution in [2.24, 2.45) is 0 Å². The van der Waals surface area contributed by atoms with E-state index in [1.807, 2.05) is 30.3 Å². The zero-order valence-corrected chi connectivity index (χ0v) is 16.3. The van der Waals surface area contributed by atoms with Gasteiger partial charge in [0, 0.05) is 19.8 Å². The van der Waals surface area contributed by atoms with Crippen molar-refractivity contribution in [2.45, 2.75) is 13.3 Å². The molecule has 138 valence electrons. The van der Waals surface area contributed by atoms with Crippen molar-refractivity contribution in [1.82, 2.24) is 14.5 Å². The number of rotatable bonds is 5. The van der Waals surface area contributed by atoms with Gasteiger partial charge in [0.15, 0.2) is 0 Å². The van der Waals surface area contributed by atoms with Gasteiger partial charge in [-0.3, -0.25) is 9.36 Å². The van der Waals surface area contributed by atoms with Gasteiger partial charge in [-0.25, -0.2) is 9.97 Å². The van der Waals surface area contributed by atoms with Crippen LogP contribution in [0.1, 0.15) is 13.3 Å². The topological polar surface area (TPSA) is 60.2 Å². The molecule has 0 amide bonds. The average Bonchev–Trinajstić information content (AvgIpc) is 3.08. The van der Waals surface area contributed by atoms with Crippen molar-refractivity contribution < 1.29 is 4.74 Å². The normalized spacial score (nSPS) is 11.2. The largest absolute Gasteiger partial charge is 0.497 e. The van der Waals surface area contributed by atoms with E-state index in [2.05, 4.69) is 28.8 Å². The molecule has 0 N–H and O–H groups in total. The van der Waals surface area contributed by atoms with E-state index >= 15 is 0 Å². The van der Waals surface area contributed by atoms with Crippen molar-refractivity contribution in [1.29, 1.82) is 0 Å². The van der Waals surface area contributed by atoms with E-state index in [0.717, 1.165) is 45.8 Å². The first kappa shape index (κ1) is 17.5. The maximum absolute atomic E-state index is 13.1. The molecule has 4 rings (SSSR count). The van der Waals surface area contributed by atoms with Gasteiger partial charge in [0.25, 0.3) is 5.56 Å². The van der Waals surface area contributed by atoms with Crippen LogP contribution in [-0.2, 0) is 0 Å². The average molecular weight is 380 g/mol. The van der Waals surface area contributed by atoms with Crippen molar-refractivity contribution in [3.05, 3.63) is 53.2 Å². The molecule has 0 saturated carbocycles. The summed E-state index contributed by atoms with van der Waals surface area (Å²) in [6.45, 7) is 3.08. The van der Waals surface area contributed by atoms with Gasteiger partial charge in [0.05, 0.1) is 23.9 Å². The zero-order chi connectivity index (χ0) is 19.0. The standard InChI is InChI=1S/C20H20N4O2S/c1-4-11-23(2)15-9-10-21-19-16(15)17-18(27-19)20(25)24(12-22-17)13-5-7-14(26-3)8-6-13/h5-10,12H,4,11H2,1-3H3. The third-order valence-corrected chi connectivity index (χ3v) is 5.66. The highest BCUT2D eigenvalue weighted by atomic mass is 32.1. The predicted octanol–water partition coefficient (Wildman–Crippen LogP) is 3.85. The molecule has 0 spiro atoms. The van der Waals surface area contributed by atoms with Crippen LogP contribution in [0.2, 0.25) is 0 Å². The molecule has 27 heavy (non-hydrogen) atoms. The van der Waals surface area contributed by atoms with Crippen LogP contribution >= 0.6 is 11.3 Å². The highest BCUT2D eigenvalue weighted by Crippen LogP contribution is 2.35. The number of ether oxygens (including phenoxy) is 1. The molecule has 0 aliphatic heterocycles. The van der Waals surface area contributed by atoms with Crippen LogP contribution in [0.4, 0.5) is 5.69 Å². The molecule has 0 saturated heterocycles. The van der Waals surface area contributed by atoms with Crippen molar-refractivity contribution >= 4 is 37.5 Å². The fourth-order valence-electron chi connectivity index (χ4n) is 3.24. The lowest BCUT2D eigenvalue weighted by atomic mass is 10.2. The molecule has 6 nitrogen and oxygen atoms in total. The minimum atomic E-state index is -0.0859. The molecular weight excluding hydrogens is 360 g/mol. The number of hydrogen-bond donors (Lipinski definition) is 0. The first-order chi connectivity index (χ1) is 13.1. The first-order valence-electron chi connectivity index (χ1n) is 8.78. The molecule has 0 unspecified atom stereocenters. The summed E-state index contributed by atoms with van der Waals surface area (Å²) >= 11 is 1.40. The fourth-order valence-corrected chi connectivity index (χ4v) is 4.28. The number of hydrogen-bond acceptors (Lipinski definition) is 6. The second kappa shape index (κ2) is 7.00. The number of aromatic nitrogens is 3. The van der Waals surface area contributed by atoms with Gasteiger partial charge >= 0.3 is 0 Å². The Labute approximate surface area is 160 Å². The van der Waals surface area contributed by atoms with Gasteiger partial charge in [0.2, 0.25) is 0 Å². The smallest absolute Gasteiger partial charge is 0.275 e.